The Morgan fingerprint density at radius 3 is 2.26 bits per heavy atom. The van der Waals surface area contributed by atoms with E-state index in [0.29, 0.717) is 18.0 Å². The van der Waals surface area contributed by atoms with Gasteiger partial charge in [-0.15, -0.1) is 0 Å². The first-order valence-corrected chi connectivity index (χ1v) is 8.71. The number of amides is 1. The van der Waals surface area contributed by atoms with Crippen LogP contribution in [0.4, 0.5) is 0 Å². The molecule has 23 heavy (non-hydrogen) atoms. The van der Waals surface area contributed by atoms with Crippen LogP contribution in [0.1, 0.15) is 20.8 Å². The van der Waals surface area contributed by atoms with E-state index in [1.807, 2.05) is 13.8 Å². The normalized spacial score (nSPS) is 12.8. The Morgan fingerprint density at radius 2 is 1.74 bits per heavy atom. The molecule has 0 bridgehead atoms. The van der Waals surface area contributed by atoms with Gasteiger partial charge in [0.2, 0.25) is 15.9 Å². The maximum absolute atomic E-state index is 12.4. The summed E-state index contributed by atoms with van der Waals surface area (Å²) in [7, 11) is -0.963. The van der Waals surface area contributed by atoms with Gasteiger partial charge in [0.15, 0.2) is 11.5 Å². The average Bonchev–Trinajstić information content (AvgIpc) is 2.51. The van der Waals surface area contributed by atoms with Crippen molar-refractivity contribution in [3.63, 3.8) is 0 Å². The van der Waals surface area contributed by atoms with Gasteiger partial charge in [-0.25, -0.2) is 8.42 Å². The van der Waals surface area contributed by atoms with E-state index in [0.717, 1.165) is 0 Å². The molecule has 0 aliphatic rings. The quantitative estimate of drug-likeness (QED) is 0.738. The summed E-state index contributed by atoms with van der Waals surface area (Å²) in [6.07, 6.45) is 0. The molecule has 1 atom stereocenters. The van der Waals surface area contributed by atoms with Crippen molar-refractivity contribution in [2.24, 2.45) is 5.92 Å². The number of ether oxygens (including phenoxy) is 2. The number of rotatable bonds is 8. The minimum absolute atomic E-state index is 0.00124. The molecule has 1 amide bonds. The van der Waals surface area contributed by atoms with E-state index >= 15 is 0 Å². The summed E-state index contributed by atoms with van der Waals surface area (Å²) in [4.78, 5) is 11.9. The zero-order chi connectivity index (χ0) is 17.6. The number of methoxy groups -OCH3 is 2. The van der Waals surface area contributed by atoms with E-state index in [1.165, 1.54) is 39.3 Å². The lowest BCUT2D eigenvalue weighted by Crippen LogP contribution is -2.45. The van der Waals surface area contributed by atoms with E-state index in [1.54, 1.807) is 0 Å². The van der Waals surface area contributed by atoms with E-state index in [9.17, 15) is 13.2 Å². The third kappa shape index (κ3) is 5.40. The fourth-order valence-corrected chi connectivity index (χ4v) is 3.01. The number of benzene rings is 1. The van der Waals surface area contributed by atoms with Gasteiger partial charge in [0.1, 0.15) is 0 Å². The molecule has 7 nitrogen and oxygen atoms in total. The summed E-state index contributed by atoms with van der Waals surface area (Å²) in [5.74, 6) is 0.637. The van der Waals surface area contributed by atoms with Crippen LogP contribution in [0.5, 0.6) is 11.5 Å². The number of nitrogens with one attached hydrogen (secondary N) is 2. The Kier molecular flexibility index (Phi) is 6.83. The summed E-state index contributed by atoms with van der Waals surface area (Å²) in [6, 6.07) is 3.35. The molecule has 1 aromatic rings. The molecule has 0 radical (unpaired) electrons. The van der Waals surface area contributed by atoms with Crippen LogP contribution in [0.25, 0.3) is 0 Å². The molecule has 1 aromatic carbocycles. The molecule has 130 valence electrons. The first-order valence-electron chi connectivity index (χ1n) is 7.23. The predicted octanol–water partition coefficient (Wildman–Crippen LogP) is 1.14. The highest BCUT2D eigenvalue weighted by Crippen LogP contribution is 2.29. The number of hydrogen-bond donors (Lipinski definition) is 2. The number of carbonyl (C=O) groups excluding carboxylic acids is 1. The van der Waals surface area contributed by atoms with Gasteiger partial charge in [-0.2, -0.15) is 4.72 Å². The van der Waals surface area contributed by atoms with Crippen molar-refractivity contribution in [1.29, 1.82) is 0 Å². The molecule has 0 aliphatic carbocycles. The fraction of sp³-hybridized carbons (Fsp3) is 0.533. The number of sulfonamides is 1. The molecular weight excluding hydrogens is 320 g/mol. The van der Waals surface area contributed by atoms with Crippen molar-refractivity contribution in [2.45, 2.75) is 31.7 Å². The van der Waals surface area contributed by atoms with Gasteiger partial charge in [-0.3, -0.25) is 4.79 Å². The number of carbonyl (C=O) groups is 1. The second kappa shape index (κ2) is 8.16. The largest absolute Gasteiger partial charge is 0.493 e. The van der Waals surface area contributed by atoms with Crippen molar-refractivity contribution in [3.05, 3.63) is 18.2 Å². The van der Waals surface area contributed by atoms with Crippen LogP contribution in [0.3, 0.4) is 0 Å². The third-order valence-electron chi connectivity index (χ3n) is 3.08. The Morgan fingerprint density at radius 1 is 1.13 bits per heavy atom. The van der Waals surface area contributed by atoms with Crippen LogP contribution in [-0.4, -0.2) is 41.1 Å². The maximum atomic E-state index is 12.4. The predicted molar refractivity (Wildman–Crippen MR) is 87.2 cm³/mol. The van der Waals surface area contributed by atoms with E-state index < -0.39 is 16.1 Å². The monoisotopic (exact) mass is 344 g/mol. The van der Waals surface area contributed by atoms with E-state index in [-0.39, 0.29) is 16.7 Å². The highest BCUT2D eigenvalue weighted by molar-refractivity contribution is 7.89. The summed E-state index contributed by atoms with van der Waals surface area (Å²) < 4.78 is 37.2. The summed E-state index contributed by atoms with van der Waals surface area (Å²) >= 11 is 0. The van der Waals surface area contributed by atoms with Gasteiger partial charge < -0.3 is 14.8 Å². The van der Waals surface area contributed by atoms with Gasteiger partial charge in [0.05, 0.1) is 25.2 Å². The van der Waals surface area contributed by atoms with Crippen molar-refractivity contribution in [3.8, 4) is 11.5 Å². The maximum Gasteiger partial charge on any atom is 0.241 e. The second-order valence-electron chi connectivity index (χ2n) is 5.50. The average molecular weight is 344 g/mol. The summed E-state index contributed by atoms with van der Waals surface area (Å²) in [6.45, 7) is 5.90. The first-order chi connectivity index (χ1) is 10.7. The molecule has 0 heterocycles. The van der Waals surface area contributed by atoms with Gasteiger partial charge in [-0.1, -0.05) is 13.8 Å². The number of hydrogen-bond acceptors (Lipinski definition) is 5. The van der Waals surface area contributed by atoms with Crippen LogP contribution in [0, 0.1) is 5.92 Å². The van der Waals surface area contributed by atoms with Crippen molar-refractivity contribution >= 4 is 15.9 Å². The van der Waals surface area contributed by atoms with E-state index in [2.05, 4.69) is 10.0 Å². The first kappa shape index (κ1) is 19.2. The minimum Gasteiger partial charge on any atom is -0.493 e. The lowest BCUT2D eigenvalue weighted by molar-refractivity contribution is -0.122. The van der Waals surface area contributed by atoms with Crippen LogP contribution in [0.15, 0.2) is 23.1 Å². The van der Waals surface area contributed by atoms with Crippen molar-refractivity contribution in [1.82, 2.24) is 10.0 Å². The smallest absolute Gasteiger partial charge is 0.241 e. The Labute approximate surface area is 137 Å². The zero-order valence-corrected chi connectivity index (χ0v) is 14.9. The van der Waals surface area contributed by atoms with Gasteiger partial charge in [-0.05, 0) is 25.0 Å². The molecule has 2 N–H and O–H groups in total. The molecule has 0 saturated carbocycles. The Bertz CT molecular complexity index is 643. The van der Waals surface area contributed by atoms with Crippen molar-refractivity contribution in [2.75, 3.05) is 20.8 Å². The molecule has 0 saturated heterocycles. The summed E-state index contributed by atoms with van der Waals surface area (Å²) in [5, 5.41) is 2.69. The topological polar surface area (TPSA) is 93.7 Å². The lowest BCUT2D eigenvalue weighted by atomic mass is 10.2. The van der Waals surface area contributed by atoms with Crippen LogP contribution in [0.2, 0.25) is 0 Å². The SMILES string of the molecule is COc1ccc(S(=O)(=O)NC(C)C(=O)NCC(C)C)cc1OC. The third-order valence-corrected chi connectivity index (χ3v) is 4.61. The molecule has 0 spiro atoms. The van der Waals surface area contributed by atoms with Crippen LogP contribution in [-0.2, 0) is 14.8 Å². The van der Waals surface area contributed by atoms with E-state index in [4.69, 9.17) is 9.47 Å². The Balaban J connectivity index is 2.88. The second-order valence-corrected chi connectivity index (χ2v) is 7.21. The van der Waals surface area contributed by atoms with Gasteiger partial charge in [0, 0.05) is 12.6 Å². The Hall–Kier alpha value is -1.80. The fourth-order valence-electron chi connectivity index (χ4n) is 1.80. The highest BCUT2D eigenvalue weighted by atomic mass is 32.2. The lowest BCUT2D eigenvalue weighted by Gasteiger charge is -2.16. The summed E-state index contributed by atoms with van der Waals surface area (Å²) in [5.41, 5.74) is 0. The molecular formula is C15H24N2O5S. The highest BCUT2D eigenvalue weighted by Gasteiger charge is 2.23. The van der Waals surface area contributed by atoms with Crippen LogP contribution >= 0.6 is 0 Å². The van der Waals surface area contributed by atoms with Gasteiger partial charge >= 0.3 is 0 Å². The molecule has 1 rings (SSSR count). The van der Waals surface area contributed by atoms with Gasteiger partial charge in [0.25, 0.3) is 0 Å². The molecule has 8 heteroatoms. The minimum atomic E-state index is -3.85. The zero-order valence-electron chi connectivity index (χ0n) is 14.0. The molecule has 1 unspecified atom stereocenters. The molecule has 0 aromatic heterocycles. The molecule has 0 fully saturated rings. The molecule has 0 aliphatic heterocycles. The van der Waals surface area contributed by atoms with Crippen LogP contribution < -0.4 is 19.5 Å². The van der Waals surface area contributed by atoms with Crippen molar-refractivity contribution < 1.29 is 22.7 Å². The standard InChI is InChI=1S/C15H24N2O5S/c1-10(2)9-16-15(18)11(3)17-23(19,20)12-6-7-13(21-4)14(8-12)22-5/h6-8,10-11,17H,9H2,1-5H3,(H,16,18).